The number of aryl methyl sites for hydroxylation is 1. The number of nitrogens with zero attached hydrogens (tertiary/aromatic N) is 1. The molecule has 1 N–H and O–H groups in total. The predicted octanol–water partition coefficient (Wildman–Crippen LogP) is 2.58. The minimum absolute atomic E-state index is 0.0501. The molecule has 23 heavy (non-hydrogen) atoms. The first-order chi connectivity index (χ1) is 10.8. The van der Waals surface area contributed by atoms with Crippen LogP contribution in [0, 0.1) is 12.7 Å². The number of anilines is 1. The SMILES string of the molecule is Cc1cc(F)ccc1S(=O)(=O)N1CCc2cc(C(=O)O)ccc21. The summed E-state index contributed by atoms with van der Waals surface area (Å²) < 4.78 is 40.1. The number of carboxylic acid groups (broad SMARTS) is 1. The molecule has 0 spiro atoms. The van der Waals surface area contributed by atoms with E-state index in [1.54, 1.807) is 6.92 Å². The van der Waals surface area contributed by atoms with Gasteiger partial charge in [-0.3, -0.25) is 4.31 Å². The van der Waals surface area contributed by atoms with E-state index in [0.717, 1.165) is 6.07 Å². The zero-order valence-electron chi connectivity index (χ0n) is 12.3. The molecule has 2 aromatic carbocycles. The number of halogens is 1. The molecule has 0 saturated carbocycles. The largest absolute Gasteiger partial charge is 0.478 e. The van der Waals surface area contributed by atoms with E-state index in [1.807, 2.05) is 0 Å². The first-order valence-corrected chi connectivity index (χ1v) is 8.40. The van der Waals surface area contributed by atoms with Crippen LogP contribution in [0.1, 0.15) is 21.5 Å². The number of carbonyl (C=O) groups is 1. The van der Waals surface area contributed by atoms with E-state index in [2.05, 4.69) is 0 Å². The third-order valence-corrected chi connectivity index (χ3v) is 5.86. The highest BCUT2D eigenvalue weighted by atomic mass is 32.2. The summed E-state index contributed by atoms with van der Waals surface area (Å²) in [6.45, 7) is 1.78. The predicted molar refractivity (Wildman–Crippen MR) is 82.8 cm³/mol. The smallest absolute Gasteiger partial charge is 0.335 e. The molecular weight excluding hydrogens is 321 g/mol. The van der Waals surface area contributed by atoms with Gasteiger partial charge in [0.2, 0.25) is 0 Å². The van der Waals surface area contributed by atoms with Crippen molar-refractivity contribution < 1.29 is 22.7 Å². The van der Waals surface area contributed by atoms with E-state index >= 15 is 0 Å². The van der Waals surface area contributed by atoms with Gasteiger partial charge in [-0.1, -0.05) is 0 Å². The minimum Gasteiger partial charge on any atom is -0.478 e. The topological polar surface area (TPSA) is 74.7 Å². The van der Waals surface area contributed by atoms with E-state index in [9.17, 15) is 17.6 Å². The molecule has 1 aliphatic rings. The maximum atomic E-state index is 13.2. The van der Waals surface area contributed by atoms with Gasteiger partial charge in [-0.25, -0.2) is 17.6 Å². The first-order valence-electron chi connectivity index (χ1n) is 6.96. The van der Waals surface area contributed by atoms with Crippen LogP contribution in [0.15, 0.2) is 41.3 Å². The Hall–Kier alpha value is -2.41. The normalized spacial score (nSPS) is 13.9. The molecule has 7 heteroatoms. The molecule has 0 unspecified atom stereocenters. The second-order valence-corrected chi connectivity index (χ2v) is 7.22. The van der Waals surface area contributed by atoms with E-state index in [0.29, 0.717) is 23.2 Å². The van der Waals surface area contributed by atoms with E-state index < -0.39 is 21.8 Å². The Balaban J connectivity index is 2.06. The fourth-order valence-corrected chi connectivity index (χ4v) is 4.49. The second kappa shape index (κ2) is 5.34. The summed E-state index contributed by atoms with van der Waals surface area (Å²) in [4.78, 5) is 11.1. The highest BCUT2D eigenvalue weighted by Crippen LogP contribution is 2.34. The fourth-order valence-electron chi connectivity index (χ4n) is 2.78. The maximum Gasteiger partial charge on any atom is 0.335 e. The average molecular weight is 335 g/mol. The Morgan fingerprint density at radius 3 is 2.61 bits per heavy atom. The van der Waals surface area contributed by atoms with Crippen LogP contribution in [0.2, 0.25) is 0 Å². The molecule has 0 bridgehead atoms. The molecule has 0 aromatic heterocycles. The van der Waals surface area contributed by atoms with Crippen LogP contribution in [-0.4, -0.2) is 26.0 Å². The van der Waals surface area contributed by atoms with Crippen LogP contribution in [0.25, 0.3) is 0 Å². The van der Waals surface area contributed by atoms with Crippen molar-refractivity contribution in [3.05, 3.63) is 58.9 Å². The number of fused-ring (bicyclic) bond motifs is 1. The van der Waals surface area contributed by atoms with Gasteiger partial charge < -0.3 is 5.11 Å². The number of aromatic carboxylic acids is 1. The van der Waals surface area contributed by atoms with Crippen LogP contribution in [0.3, 0.4) is 0 Å². The van der Waals surface area contributed by atoms with Gasteiger partial charge in [0.05, 0.1) is 16.1 Å². The van der Waals surface area contributed by atoms with E-state index in [1.165, 1.54) is 34.6 Å². The third kappa shape index (κ3) is 2.57. The molecule has 0 radical (unpaired) electrons. The number of hydrogen-bond donors (Lipinski definition) is 1. The van der Waals surface area contributed by atoms with Gasteiger partial charge in [-0.15, -0.1) is 0 Å². The fraction of sp³-hybridized carbons (Fsp3) is 0.188. The van der Waals surface area contributed by atoms with Crippen molar-refractivity contribution in [1.82, 2.24) is 0 Å². The van der Waals surface area contributed by atoms with Gasteiger partial charge in [0, 0.05) is 6.54 Å². The lowest BCUT2D eigenvalue weighted by atomic mass is 10.1. The molecule has 2 aromatic rings. The molecular formula is C16H14FNO4S. The highest BCUT2D eigenvalue weighted by molar-refractivity contribution is 7.93. The molecule has 3 rings (SSSR count). The molecule has 1 heterocycles. The van der Waals surface area contributed by atoms with Crippen molar-refractivity contribution in [2.45, 2.75) is 18.2 Å². The maximum absolute atomic E-state index is 13.2. The Labute approximate surface area is 133 Å². The molecule has 5 nitrogen and oxygen atoms in total. The third-order valence-electron chi connectivity index (χ3n) is 3.88. The molecule has 0 aliphatic carbocycles. The van der Waals surface area contributed by atoms with Gasteiger partial charge >= 0.3 is 5.97 Å². The van der Waals surface area contributed by atoms with Crippen molar-refractivity contribution in [2.75, 3.05) is 10.8 Å². The molecule has 1 aliphatic heterocycles. The number of sulfonamides is 1. The standard InChI is InChI=1S/C16H14FNO4S/c1-10-8-13(17)3-5-15(10)23(21,22)18-7-6-11-9-12(16(19)20)2-4-14(11)18/h2-5,8-9H,6-7H2,1H3,(H,19,20). The highest BCUT2D eigenvalue weighted by Gasteiger charge is 2.32. The van der Waals surface area contributed by atoms with Gasteiger partial charge in [0.15, 0.2) is 0 Å². The van der Waals surface area contributed by atoms with Gasteiger partial charge in [-0.05, 0) is 60.9 Å². The lowest BCUT2D eigenvalue weighted by Gasteiger charge is -2.20. The Kier molecular flexibility index (Phi) is 3.60. The molecule has 0 fully saturated rings. The zero-order valence-corrected chi connectivity index (χ0v) is 13.1. The summed E-state index contributed by atoms with van der Waals surface area (Å²) in [5.74, 6) is -1.54. The number of benzene rings is 2. The summed E-state index contributed by atoms with van der Waals surface area (Å²) >= 11 is 0. The molecule has 0 amide bonds. The second-order valence-electron chi connectivity index (χ2n) is 5.39. The summed E-state index contributed by atoms with van der Waals surface area (Å²) in [5, 5.41) is 9.01. The lowest BCUT2D eigenvalue weighted by molar-refractivity contribution is 0.0697. The Bertz CT molecular complexity index is 908. The Morgan fingerprint density at radius 1 is 1.22 bits per heavy atom. The van der Waals surface area contributed by atoms with Crippen molar-refractivity contribution in [1.29, 1.82) is 0 Å². The van der Waals surface area contributed by atoms with Crippen molar-refractivity contribution in [2.24, 2.45) is 0 Å². The number of carboxylic acids is 1. The molecule has 0 atom stereocenters. The minimum atomic E-state index is -3.81. The van der Waals surface area contributed by atoms with Crippen molar-refractivity contribution in [3.8, 4) is 0 Å². The van der Waals surface area contributed by atoms with E-state index in [-0.39, 0.29) is 17.0 Å². The van der Waals surface area contributed by atoms with Crippen molar-refractivity contribution in [3.63, 3.8) is 0 Å². The quantitative estimate of drug-likeness (QED) is 0.935. The number of rotatable bonds is 3. The summed E-state index contributed by atoms with van der Waals surface area (Å²) in [5.41, 5.74) is 1.61. The van der Waals surface area contributed by atoms with Crippen LogP contribution in [-0.2, 0) is 16.4 Å². The Morgan fingerprint density at radius 2 is 1.96 bits per heavy atom. The average Bonchev–Trinajstić information content (AvgIpc) is 2.90. The lowest BCUT2D eigenvalue weighted by Crippen LogP contribution is -2.29. The summed E-state index contributed by atoms with van der Waals surface area (Å²) in [6.07, 6.45) is 0.440. The summed E-state index contributed by atoms with van der Waals surface area (Å²) in [6, 6.07) is 7.92. The van der Waals surface area contributed by atoms with Gasteiger partial charge in [0.25, 0.3) is 10.0 Å². The van der Waals surface area contributed by atoms with Gasteiger partial charge in [0.1, 0.15) is 5.82 Å². The van der Waals surface area contributed by atoms with Crippen LogP contribution >= 0.6 is 0 Å². The summed E-state index contributed by atoms with van der Waals surface area (Å²) in [7, 11) is -3.81. The molecule has 0 saturated heterocycles. The monoisotopic (exact) mass is 335 g/mol. The van der Waals surface area contributed by atoms with Crippen molar-refractivity contribution >= 4 is 21.7 Å². The zero-order chi connectivity index (χ0) is 16.8. The van der Waals surface area contributed by atoms with Gasteiger partial charge in [-0.2, -0.15) is 0 Å². The van der Waals surface area contributed by atoms with Crippen LogP contribution in [0.5, 0.6) is 0 Å². The number of hydrogen-bond acceptors (Lipinski definition) is 3. The van der Waals surface area contributed by atoms with Crippen LogP contribution < -0.4 is 4.31 Å². The first kappa shape index (κ1) is 15.5. The van der Waals surface area contributed by atoms with Crippen LogP contribution in [0.4, 0.5) is 10.1 Å². The molecule has 120 valence electrons. The van der Waals surface area contributed by atoms with E-state index in [4.69, 9.17) is 5.11 Å².